The van der Waals surface area contributed by atoms with Crippen LogP contribution in [0.15, 0.2) is 59.5 Å². The zero-order valence-corrected chi connectivity index (χ0v) is 24.3. The van der Waals surface area contributed by atoms with E-state index in [0.29, 0.717) is 41.4 Å². The Bertz CT molecular complexity index is 1420. The summed E-state index contributed by atoms with van der Waals surface area (Å²) >= 11 is 0. The number of rotatable bonds is 8. The van der Waals surface area contributed by atoms with Crippen LogP contribution in [0.1, 0.15) is 56.9 Å². The number of ether oxygens (including phenoxy) is 2. The Morgan fingerprint density at radius 3 is 2.40 bits per heavy atom. The maximum atomic E-state index is 10.2. The van der Waals surface area contributed by atoms with E-state index in [1.807, 2.05) is 17.3 Å². The Labute approximate surface area is 251 Å². The first kappa shape index (κ1) is 27.8. The number of hydrogen-bond acceptors (Lipinski definition) is 11. The summed E-state index contributed by atoms with van der Waals surface area (Å²) in [5, 5.41) is 37.1. The van der Waals surface area contributed by atoms with Crippen molar-refractivity contribution in [3.05, 3.63) is 59.9 Å². The van der Waals surface area contributed by atoms with E-state index in [-0.39, 0.29) is 35.2 Å². The van der Waals surface area contributed by atoms with E-state index in [9.17, 15) is 5.11 Å². The molecule has 4 fully saturated rings. The molecule has 6 N–H and O–H groups in total. The lowest BCUT2D eigenvalue weighted by molar-refractivity contribution is -0.104. The Morgan fingerprint density at radius 2 is 1.70 bits per heavy atom. The number of piperidine rings is 2. The minimum atomic E-state index is 0.0317. The van der Waals surface area contributed by atoms with Crippen LogP contribution in [0.5, 0.6) is 11.6 Å². The van der Waals surface area contributed by atoms with Gasteiger partial charge in [-0.2, -0.15) is 5.10 Å². The minimum absolute atomic E-state index is 0.0317. The van der Waals surface area contributed by atoms with Crippen molar-refractivity contribution in [2.24, 2.45) is 10.8 Å². The van der Waals surface area contributed by atoms with E-state index in [2.05, 4.69) is 26.4 Å². The molecule has 3 saturated heterocycles. The first-order chi connectivity index (χ1) is 20.9. The Balaban J connectivity index is 0.974. The maximum absolute atomic E-state index is 10.2. The molecule has 2 atom stereocenters. The number of hydrogen-bond donors (Lipinski definition) is 5. The van der Waals surface area contributed by atoms with E-state index in [0.717, 1.165) is 70.1 Å². The van der Waals surface area contributed by atoms with Crippen molar-refractivity contribution in [2.45, 2.75) is 87.8 Å². The molecule has 226 valence electrons. The SMILES string of the molecule is N=C1C(N)=NN(C2CC3CCC(C2)N3c2ccc(OC3CC(OC4CCNCC4)C3)nc2)/C1=C/C(=N)c1ccccc1O. The monoisotopic (exact) mass is 584 g/mol. The Morgan fingerprint density at radius 1 is 0.953 bits per heavy atom. The second-order valence-corrected chi connectivity index (χ2v) is 12.4. The highest BCUT2D eigenvalue weighted by molar-refractivity contribution is 6.47. The van der Waals surface area contributed by atoms with Gasteiger partial charge in [-0.3, -0.25) is 10.4 Å². The summed E-state index contributed by atoms with van der Waals surface area (Å²) in [7, 11) is 0. The highest BCUT2D eigenvalue weighted by Gasteiger charge is 2.45. The van der Waals surface area contributed by atoms with Crippen LogP contribution in [-0.4, -0.2) is 81.9 Å². The molecule has 2 unspecified atom stereocenters. The number of nitrogens with two attached hydrogens (primary N) is 1. The van der Waals surface area contributed by atoms with Gasteiger partial charge in [-0.1, -0.05) is 12.1 Å². The number of pyridine rings is 1. The average Bonchev–Trinajstić information content (AvgIpc) is 3.43. The van der Waals surface area contributed by atoms with Gasteiger partial charge in [-0.15, -0.1) is 0 Å². The molecule has 4 aliphatic heterocycles. The van der Waals surface area contributed by atoms with Gasteiger partial charge in [0.2, 0.25) is 5.88 Å². The summed E-state index contributed by atoms with van der Waals surface area (Å²) in [6.07, 6.45) is 12.3. The first-order valence-corrected chi connectivity index (χ1v) is 15.5. The highest BCUT2D eigenvalue weighted by atomic mass is 16.5. The quantitative estimate of drug-likeness (QED) is 0.295. The molecule has 11 heteroatoms. The number of para-hydroxylation sites is 1. The van der Waals surface area contributed by atoms with Gasteiger partial charge in [0.15, 0.2) is 5.84 Å². The van der Waals surface area contributed by atoms with E-state index < -0.39 is 0 Å². The van der Waals surface area contributed by atoms with Crippen LogP contribution in [0, 0.1) is 10.8 Å². The number of hydrazone groups is 1. The van der Waals surface area contributed by atoms with Crippen LogP contribution < -0.4 is 20.7 Å². The number of fused-ring (bicyclic) bond motifs is 2. The molecule has 43 heavy (non-hydrogen) atoms. The number of allylic oxidation sites excluding steroid dienone is 1. The maximum Gasteiger partial charge on any atom is 0.213 e. The standard InChI is InChI=1S/C32H40N8O3/c33-27(26-3-1-2-4-29(26)41)17-28-31(34)32(35)38-40(28)22-13-19-5-6-20(14-22)39(19)21-7-8-30(37-18-21)43-25-15-24(16-25)42-23-9-11-36-12-10-23/h1-4,7-8,17-20,22-25,33-34,36,41H,5-6,9-16H2,(H2,35,38)/b28-17+,33-27?,34-31?. The summed E-state index contributed by atoms with van der Waals surface area (Å²) in [5.41, 5.74) is 8.36. The fourth-order valence-electron chi connectivity index (χ4n) is 7.26. The third kappa shape index (κ3) is 5.59. The van der Waals surface area contributed by atoms with Gasteiger partial charge < -0.3 is 35.9 Å². The summed E-state index contributed by atoms with van der Waals surface area (Å²) in [4.78, 5) is 7.15. The first-order valence-electron chi connectivity index (χ1n) is 15.5. The lowest BCUT2D eigenvalue weighted by atomic mass is 9.91. The Kier molecular flexibility index (Phi) is 7.52. The van der Waals surface area contributed by atoms with Gasteiger partial charge in [0, 0.05) is 36.6 Å². The molecule has 2 bridgehead atoms. The molecule has 11 nitrogen and oxygen atoms in total. The number of nitrogens with one attached hydrogen (secondary N) is 3. The van der Waals surface area contributed by atoms with Crippen LogP contribution in [-0.2, 0) is 4.74 Å². The lowest BCUT2D eigenvalue weighted by Gasteiger charge is -2.43. The number of aromatic nitrogens is 1. The van der Waals surface area contributed by atoms with E-state index in [4.69, 9.17) is 26.0 Å². The van der Waals surface area contributed by atoms with Gasteiger partial charge in [-0.05, 0) is 75.9 Å². The summed E-state index contributed by atoms with van der Waals surface area (Å²) in [5.74, 6) is 0.851. The number of phenolic OH excluding ortho intramolecular Hbond substituents is 1. The number of anilines is 1. The molecule has 1 aliphatic carbocycles. The van der Waals surface area contributed by atoms with Crippen molar-refractivity contribution < 1.29 is 14.6 Å². The number of amidine groups is 1. The number of nitrogens with zero attached hydrogens (tertiary/aromatic N) is 4. The molecular formula is C32H40N8O3. The molecule has 1 aromatic heterocycles. The largest absolute Gasteiger partial charge is 0.507 e. The lowest BCUT2D eigenvalue weighted by Crippen LogP contribution is -2.49. The summed E-state index contributed by atoms with van der Waals surface area (Å²) in [6, 6.07) is 11.6. The molecule has 7 rings (SSSR count). The number of aromatic hydroxyl groups is 1. The third-order valence-corrected chi connectivity index (χ3v) is 9.53. The molecule has 1 saturated carbocycles. The van der Waals surface area contributed by atoms with E-state index in [1.165, 1.54) is 0 Å². The van der Waals surface area contributed by atoms with Gasteiger partial charge in [0.05, 0.1) is 41.5 Å². The van der Waals surface area contributed by atoms with Gasteiger partial charge in [0.25, 0.3) is 0 Å². The molecular weight excluding hydrogens is 544 g/mol. The smallest absolute Gasteiger partial charge is 0.213 e. The molecule has 5 heterocycles. The summed E-state index contributed by atoms with van der Waals surface area (Å²) in [6.45, 7) is 2.09. The number of phenols is 1. The highest BCUT2D eigenvalue weighted by Crippen LogP contribution is 2.42. The second kappa shape index (κ2) is 11.6. The predicted octanol–water partition coefficient (Wildman–Crippen LogP) is 3.52. The zero-order valence-electron chi connectivity index (χ0n) is 24.3. The molecule has 1 aromatic carbocycles. The fraction of sp³-hybridized carbons (Fsp3) is 0.500. The van der Waals surface area contributed by atoms with Gasteiger partial charge in [-0.25, -0.2) is 4.98 Å². The third-order valence-electron chi connectivity index (χ3n) is 9.53. The van der Waals surface area contributed by atoms with Crippen molar-refractivity contribution in [1.29, 1.82) is 10.8 Å². The zero-order chi connectivity index (χ0) is 29.5. The number of benzene rings is 1. The molecule has 5 aliphatic rings. The van der Waals surface area contributed by atoms with Crippen molar-refractivity contribution in [1.82, 2.24) is 15.3 Å². The molecule has 0 radical (unpaired) electrons. The molecule has 0 spiro atoms. The van der Waals surface area contributed by atoms with Gasteiger partial charge >= 0.3 is 0 Å². The van der Waals surface area contributed by atoms with Crippen molar-refractivity contribution in [3.8, 4) is 11.6 Å². The van der Waals surface area contributed by atoms with Gasteiger partial charge in [0.1, 0.15) is 17.6 Å². The van der Waals surface area contributed by atoms with Crippen LogP contribution >= 0.6 is 0 Å². The van der Waals surface area contributed by atoms with Crippen LogP contribution in [0.3, 0.4) is 0 Å². The van der Waals surface area contributed by atoms with Crippen molar-refractivity contribution >= 4 is 22.9 Å². The van der Waals surface area contributed by atoms with Crippen molar-refractivity contribution in [2.75, 3.05) is 18.0 Å². The van der Waals surface area contributed by atoms with E-state index >= 15 is 0 Å². The van der Waals surface area contributed by atoms with E-state index in [1.54, 1.807) is 30.3 Å². The van der Waals surface area contributed by atoms with Crippen molar-refractivity contribution in [3.63, 3.8) is 0 Å². The van der Waals surface area contributed by atoms with Crippen LogP contribution in [0.4, 0.5) is 5.69 Å². The predicted molar refractivity (Wildman–Crippen MR) is 165 cm³/mol. The summed E-state index contributed by atoms with van der Waals surface area (Å²) < 4.78 is 12.4. The van der Waals surface area contributed by atoms with Crippen LogP contribution in [0.2, 0.25) is 0 Å². The molecule has 2 aromatic rings. The van der Waals surface area contributed by atoms with Crippen LogP contribution in [0.25, 0.3) is 0 Å². The Hall–Kier alpha value is -3.96. The molecule has 0 amide bonds. The minimum Gasteiger partial charge on any atom is -0.507 e. The second-order valence-electron chi connectivity index (χ2n) is 12.4. The average molecular weight is 585 g/mol. The topological polar surface area (TPSA) is 156 Å². The normalized spacial score (nSPS) is 30.0. The fourth-order valence-corrected chi connectivity index (χ4v) is 7.26.